The van der Waals surface area contributed by atoms with E-state index in [9.17, 15) is 0 Å². The lowest BCUT2D eigenvalue weighted by Gasteiger charge is -2.21. The number of fused-ring (bicyclic) bond motifs is 1. The van der Waals surface area contributed by atoms with Crippen LogP contribution < -0.4 is 20.1 Å². The zero-order chi connectivity index (χ0) is 16.5. The summed E-state index contributed by atoms with van der Waals surface area (Å²) in [5, 5.41) is 0. The number of pyridine rings is 1. The minimum atomic E-state index is 0.314. The Morgan fingerprint density at radius 3 is 2.67 bits per heavy atom. The normalized spacial score (nSPS) is 17.1. The molecule has 4 rings (SSSR count). The van der Waals surface area contributed by atoms with Gasteiger partial charge in [0.1, 0.15) is 5.82 Å². The van der Waals surface area contributed by atoms with Crippen LogP contribution >= 0.6 is 0 Å². The first kappa shape index (κ1) is 15.1. The first-order valence-electron chi connectivity index (χ1n) is 8.56. The monoisotopic (exact) mass is 325 g/mol. The van der Waals surface area contributed by atoms with Crippen molar-refractivity contribution in [3.05, 3.63) is 41.6 Å². The molecule has 1 aliphatic heterocycles. The summed E-state index contributed by atoms with van der Waals surface area (Å²) in [5.41, 5.74) is 9.42. The molecule has 0 atom stereocenters. The van der Waals surface area contributed by atoms with Gasteiger partial charge in [0.2, 0.25) is 0 Å². The van der Waals surface area contributed by atoms with E-state index >= 15 is 0 Å². The quantitative estimate of drug-likeness (QED) is 0.932. The zero-order valence-corrected chi connectivity index (χ0v) is 14.0. The number of hydrogen-bond donors (Lipinski definition) is 1. The fourth-order valence-electron chi connectivity index (χ4n) is 3.62. The van der Waals surface area contributed by atoms with Gasteiger partial charge in [-0.2, -0.15) is 0 Å². The Balaban J connectivity index is 1.57. The molecule has 5 nitrogen and oxygen atoms in total. The number of benzene rings is 1. The van der Waals surface area contributed by atoms with Crippen molar-refractivity contribution in [1.29, 1.82) is 0 Å². The summed E-state index contributed by atoms with van der Waals surface area (Å²) in [6.07, 6.45) is 6.96. The number of anilines is 2. The number of hydrogen-bond acceptors (Lipinski definition) is 5. The van der Waals surface area contributed by atoms with Gasteiger partial charge in [0.05, 0.1) is 13.2 Å². The molecule has 2 heterocycles. The topological polar surface area (TPSA) is 60.6 Å². The smallest absolute Gasteiger partial charge is 0.163 e. The molecule has 0 saturated heterocycles. The first-order chi connectivity index (χ1) is 11.7. The van der Waals surface area contributed by atoms with E-state index in [4.69, 9.17) is 15.2 Å². The molecule has 126 valence electrons. The molecule has 0 spiro atoms. The molecule has 1 fully saturated rings. The van der Waals surface area contributed by atoms with E-state index in [0.717, 1.165) is 43.1 Å². The number of rotatable bonds is 4. The molecule has 0 amide bonds. The van der Waals surface area contributed by atoms with Gasteiger partial charge < -0.3 is 20.1 Å². The number of nitrogens with two attached hydrogens (primary N) is 1. The van der Waals surface area contributed by atoms with Gasteiger partial charge in [-0.3, -0.25) is 0 Å². The maximum absolute atomic E-state index is 6.21. The minimum Gasteiger partial charge on any atom is -0.493 e. The molecule has 0 radical (unpaired) electrons. The Morgan fingerprint density at radius 2 is 1.88 bits per heavy atom. The molecule has 2 aliphatic rings. The van der Waals surface area contributed by atoms with Gasteiger partial charge in [-0.15, -0.1) is 0 Å². The van der Waals surface area contributed by atoms with Gasteiger partial charge in [0, 0.05) is 31.0 Å². The van der Waals surface area contributed by atoms with Gasteiger partial charge in [-0.05, 0) is 55.0 Å². The van der Waals surface area contributed by atoms with E-state index < -0.39 is 0 Å². The molecule has 24 heavy (non-hydrogen) atoms. The highest BCUT2D eigenvalue weighted by Crippen LogP contribution is 2.37. The van der Waals surface area contributed by atoms with E-state index in [-0.39, 0.29) is 0 Å². The van der Waals surface area contributed by atoms with Crippen LogP contribution in [0.3, 0.4) is 0 Å². The second kappa shape index (κ2) is 6.23. The van der Waals surface area contributed by atoms with Crippen LogP contribution in [0.5, 0.6) is 11.5 Å². The summed E-state index contributed by atoms with van der Waals surface area (Å²) in [6.45, 7) is 1.69. The molecule has 1 saturated carbocycles. The Morgan fingerprint density at radius 1 is 1.08 bits per heavy atom. The van der Waals surface area contributed by atoms with Crippen LogP contribution in [0.1, 0.15) is 36.8 Å². The summed E-state index contributed by atoms with van der Waals surface area (Å²) in [6, 6.07) is 8.15. The van der Waals surface area contributed by atoms with Crippen LogP contribution in [0.25, 0.3) is 0 Å². The SMILES string of the molecule is COc1ccc(N2Cc3cnc(N)cc3C2)cc1OC1CCCC1. The van der Waals surface area contributed by atoms with Crippen LogP contribution in [0.15, 0.2) is 30.5 Å². The van der Waals surface area contributed by atoms with Crippen molar-refractivity contribution < 1.29 is 9.47 Å². The number of nitrogens with zero attached hydrogens (tertiary/aromatic N) is 2. The van der Waals surface area contributed by atoms with Gasteiger partial charge in [0.15, 0.2) is 11.5 Å². The van der Waals surface area contributed by atoms with Crippen LogP contribution in [0, 0.1) is 0 Å². The van der Waals surface area contributed by atoms with Crippen LogP contribution in [-0.4, -0.2) is 18.2 Å². The predicted molar refractivity (Wildman–Crippen MR) is 94.4 cm³/mol. The fraction of sp³-hybridized carbons (Fsp3) is 0.421. The van der Waals surface area contributed by atoms with Crippen LogP contribution in [-0.2, 0) is 13.1 Å². The van der Waals surface area contributed by atoms with Gasteiger partial charge in [0.25, 0.3) is 0 Å². The fourth-order valence-corrected chi connectivity index (χ4v) is 3.62. The highest BCUT2D eigenvalue weighted by Gasteiger charge is 2.23. The third kappa shape index (κ3) is 2.86. The maximum Gasteiger partial charge on any atom is 0.163 e. The number of nitrogen functional groups attached to an aromatic ring is 1. The van der Waals surface area contributed by atoms with Crippen LogP contribution in [0.2, 0.25) is 0 Å². The number of methoxy groups -OCH3 is 1. The largest absolute Gasteiger partial charge is 0.493 e. The standard InChI is InChI=1S/C19H23N3O2/c1-23-17-7-6-15(9-18(17)24-16-4-2-3-5-16)22-11-13-8-19(20)21-10-14(13)12-22/h6-10,16H,2-5,11-12H2,1H3,(H2,20,21). The molecule has 1 aromatic heterocycles. The van der Waals surface area contributed by atoms with E-state index in [1.54, 1.807) is 7.11 Å². The molecular weight excluding hydrogens is 302 g/mol. The lowest BCUT2D eigenvalue weighted by Crippen LogP contribution is -2.16. The molecule has 0 bridgehead atoms. The second-order valence-electron chi connectivity index (χ2n) is 6.59. The average Bonchev–Trinajstić information content (AvgIpc) is 3.23. The van der Waals surface area contributed by atoms with Crippen molar-refractivity contribution in [1.82, 2.24) is 4.98 Å². The number of aromatic nitrogens is 1. The van der Waals surface area contributed by atoms with Crippen LogP contribution in [0.4, 0.5) is 11.5 Å². The summed E-state index contributed by atoms with van der Waals surface area (Å²) in [7, 11) is 1.69. The maximum atomic E-state index is 6.21. The van der Waals surface area contributed by atoms with Gasteiger partial charge in [-0.1, -0.05) is 0 Å². The first-order valence-corrected chi connectivity index (χ1v) is 8.56. The molecule has 2 N–H and O–H groups in total. The second-order valence-corrected chi connectivity index (χ2v) is 6.59. The van der Waals surface area contributed by atoms with Crippen molar-refractivity contribution in [3.8, 4) is 11.5 Å². The third-order valence-electron chi connectivity index (χ3n) is 4.93. The lowest BCUT2D eigenvalue weighted by atomic mass is 10.2. The molecular formula is C19H23N3O2. The van der Waals surface area contributed by atoms with E-state index in [0.29, 0.717) is 11.9 Å². The van der Waals surface area contributed by atoms with Crippen molar-refractivity contribution in [2.75, 3.05) is 17.7 Å². The van der Waals surface area contributed by atoms with E-state index in [1.165, 1.54) is 24.0 Å². The highest BCUT2D eigenvalue weighted by molar-refractivity contribution is 5.59. The van der Waals surface area contributed by atoms with Gasteiger partial charge in [-0.25, -0.2) is 4.98 Å². The zero-order valence-electron chi connectivity index (χ0n) is 14.0. The predicted octanol–water partition coefficient (Wildman–Crippen LogP) is 3.51. The van der Waals surface area contributed by atoms with Gasteiger partial charge >= 0.3 is 0 Å². The molecule has 5 heteroatoms. The van der Waals surface area contributed by atoms with Crippen molar-refractivity contribution in [2.45, 2.75) is 44.9 Å². The summed E-state index contributed by atoms with van der Waals surface area (Å²) in [4.78, 5) is 6.51. The summed E-state index contributed by atoms with van der Waals surface area (Å²) >= 11 is 0. The summed E-state index contributed by atoms with van der Waals surface area (Å²) < 4.78 is 11.7. The Hall–Kier alpha value is -2.43. The van der Waals surface area contributed by atoms with E-state index in [1.807, 2.05) is 18.3 Å². The molecule has 1 aromatic carbocycles. The Bertz CT molecular complexity index is 741. The summed E-state index contributed by atoms with van der Waals surface area (Å²) in [5.74, 6) is 2.22. The highest BCUT2D eigenvalue weighted by atomic mass is 16.5. The molecule has 2 aromatic rings. The lowest BCUT2D eigenvalue weighted by molar-refractivity contribution is 0.201. The van der Waals surface area contributed by atoms with E-state index in [2.05, 4.69) is 22.0 Å². The van der Waals surface area contributed by atoms with Crippen molar-refractivity contribution >= 4 is 11.5 Å². The Kier molecular flexibility index (Phi) is 3.92. The average molecular weight is 325 g/mol. The Labute approximate surface area is 142 Å². The van der Waals surface area contributed by atoms with Crippen molar-refractivity contribution in [3.63, 3.8) is 0 Å². The third-order valence-corrected chi connectivity index (χ3v) is 4.93. The number of ether oxygens (including phenoxy) is 2. The minimum absolute atomic E-state index is 0.314. The molecule has 0 unspecified atom stereocenters. The molecule has 1 aliphatic carbocycles. The van der Waals surface area contributed by atoms with Crippen molar-refractivity contribution in [2.24, 2.45) is 0 Å².